The zero-order chi connectivity index (χ0) is 16.4. The number of phenols is 1. The molecule has 0 aliphatic rings. The largest absolute Gasteiger partial charge is 0.504 e. The number of aromatic hydroxyl groups is 1. The van der Waals surface area contributed by atoms with Crippen molar-refractivity contribution in [3.63, 3.8) is 0 Å². The summed E-state index contributed by atoms with van der Waals surface area (Å²) in [5.41, 5.74) is 7.86. The first kappa shape index (κ1) is 15.1. The molecule has 6 nitrogen and oxygen atoms in total. The molecule has 0 saturated heterocycles. The maximum atomic E-state index is 9.63. The third kappa shape index (κ3) is 3.19. The van der Waals surface area contributed by atoms with Gasteiger partial charge in [0.1, 0.15) is 0 Å². The number of hydrogen-bond acceptors (Lipinski definition) is 7. The second-order valence-electron chi connectivity index (χ2n) is 4.81. The normalized spacial score (nSPS) is 10.5. The van der Waals surface area contributed by atoms with E-state index in [1.54, 1.807) is 30.5 Å². The van der Waals surface area contributed by atoms with Crippen molar-refractivity contribution in [2.45, 2.75) is 4.90 Å². The second kappa shape index (κ2) is 6.13. The highest BCUT2D eigenvalue weighted by atomic mass is 32.1. The Morgan fingerprint density at radius 2 is 2.09 bits per heavy atom. The van der Waals surface area contributed by atoms with Crippen molar-refractivity contribution in [1.29, 1.82) is 0 Å². The van der Waals surface area contributed by atoms with Crippen LogP contribution >= 0.6 is 12.6 Å². The Balaban J connectivity index is 1.84. The molecular formula is C16H15N3O3S. The lowest BCUT2D eigenvalue weighted by Gasteiger charge is -2.05. The van der Waals surface area contributed by atoms with Crippen molar-refractivity contribution in [2.24, 2.45) is 0 Å². The van der Waals surface area contributed by atoms with Gasteiger partial charge in [-0.2, -0.15) is 0 Å². The van der Waals surface area contributed by atoms with Crippen LogP contribution in [0.4, 0.5) is 17.4 Å². The molecule has 0 bridgehead atoms. The van der Waals surface area contributed by atoms with Gasteiger partial charge in [0.25, 0.3) is 6.01 Å². The van der Waals surface area contributed by atoms with E-state index < -0.39 is 0 Å². The fraction of sp³-hybridized carbons (Fsp3) is 0.0625. The van der Waals surface area contributed by atoms with Crippen molar-refractivity contribution in [1.82, 2.24) is 4.98 Å². The minimum Gasteiger partial charge on any atom is -0.504 e. The van der Waals surface area contributed by atoms with E-state index in [1.807, 2.05) is 6.07 Å². The minimum absolute atomic E-state index is 0.0661. The van der Waals surface area contributed by atoms with E-state index in [9.17, 15) is 5.11 Å². The molecule has 0 unspecified atom stereocenters. The maximum absolute atomic E-state index is 9.63. The van der Waals surface area contributed by atoms with E-state index in [0.29, 0.717) is 28.1 Å². The second-order valence-corrected chi connectivity index (χ2v) is 5.30. The lowest BCUT2D eigenvalue weighted by molar-refractivity contribution is 0.373. The number of phenolic OH excluding ortho intramolecular Hbond substituents is 1. The lowest BCUT2D eigenvalue weighted by Crippen LogP contribution is -1.93. The van der Waals surface area contributed by atoms with Gasteiger partial charge in [0, 0.05) is 21.8 Å². The molecule has 3 aromatic rings. The number of aromatic nitrogens is 1. The average Bonchev–Trinajstić information content (AvgIpc) is 3.00. The number of nitrogens with two attached hydrogens (primary N) is 1. The molecule has 0 saturated carbocycles. The van der Waals surface area contributed by atoms with E-state index in [4.69, 9.17) is 14.9 Å². The monoisotopic (exact) mass is 329 g/mol. The number of rotatable bonds is 4. The molecule has 4 N–H and O–H groups in total. The van der Waals surface area contributed by atoms with Crippen LogP contribution in [-0.2, 0) is 0 Å². The summed E-state index contributed by atoms with van der Waals surface area (Å²) in [5.74, 6) is 0.978. The van der Waals surface area contributed by atoms with Crippen LogP contribution < -0.4 is 15.8 Å². The van der Waals surface area contributed by atoms with Crippen LogP contribution in [0.15, 0.2) is 51.9 Å². The predicted octanol–water partition coefficient (Wildman–Crippen LogP) is 3.67. The Labute approximate surface area is 138 Å². The summed E-state index contributed by atoms with van der Waals surface area (Å²) in [6.45, 7) is 0. The van der Waals surface area contributed by atoms with Crippen LogP contribution in [0.3, 0.4) is 0 Å². The molecule has 118 valence electrons. The Bertz CT molecular complexity index is 848. The molecule has 1 aromatic heterocycles. The highest BCUT2D eigenvalue weighted by molar-refractivity contribution is 7.80. The molecule has 0 radical (unpaired) electrons. The zero-order valence-electron chi connectivity index (χ0n) is 12.3. The molecule has 0 aliphatic heterocycles. The Hall–Kier alpha value is -2.80. The predicted molar refractivity (Wildman–Crippen MR) is 91.5 cm³/mol. The summed E-state index contributed by atoms with van der Waals surface area (Å²) in [6, 6.07) is 10.6. The van der Waals surface area contributed by atoms with Gasteiger partial charge in [-0.3, -0.25) is 0 Å². The Kier molecular flexibility index (Phi) is 4.03. The number of anilines is 3. The number of nitrogen functional groups attached to an aromatic ring is 1. The molecule has 0 fully saturated rings. The highest BCUT2D eigenvalue weighted by Crippen LogP contribution is 2.33. The fourth-order valence-corrected chi connectivity index (χ4v) is 2.19. The third-order valence-electron chi connectivity index (χ3n) is 3.25. The smallest absolute Gasteiger partial charge is 0.299 e. The van der Waals surface area contributed by atoms with Crippen LogP contribution in [0, 0.1) is 0 Å². The molecular weight excluding hydrogens is 314 g/mol. The molecule has 1 heterocycles. The van der Waals surface area contributed by atoms with E-state index in [-0.39, 0.29) is 5.75 Å². The summed E-state index contributed by atoms with van der Waals surface area (Å²) < 4.78 is 10.7. The molecule has 3 rings (SSSR count). The first-order valence-corrected chi connectivity index (χ1v) is 7.20. The van der Waals surface area contributed by atoms with Gasteiger partial charge in [-0.15, -0.1) is 12.6 Å². The Morgan fingerprint density at radius 1 is 1.26 bits per heavy atom. The number of hydrogen-bond donors (Lipinski definition) is 4. The molecule has 0 amide bonds. The number of nitrogens with zero attached hydrogens (tertiary/aromatic N) is 1. The summed E-state index contributed by atoms with van der Waals surface area (Å²) in [4.78, 5) is 4.89. The molecule has 2 aromatic carbocycles. The maximum Gasteiger partial charge on any atom is 0.299 e. The quantitative estimate of drug-likeness (QED) is 0.431. The number of thiol groups is 1. The molecule has 0 spiro atoms. The Morgan fingerprint density at radius 3 is 2.83 bits per heavy atom. The van der Waals surface area contributed by atoms with Crippen molar-refractivity contribution >= 4 is 30.0 Å². The summed E-state index contributed by atoms with van der Waals surface area (Å²) in [7, 11) is 1.49. The van der Waals surface area contributed by atoms with Gasteiger partial charge in [-0.1, -0.05) is 0 Å². The lowest BCUT2D eigenvalue weighted by atomic mass is 10.1. The number of nitrogens with one attached hydrogen (secondary N) is 1. The number of ether oxygens (including phenoxy) is 1. The topological polar surface area (TPSA) is 93.5 Å². The number of oxazole rings is 1. The molecule has 0 atom stereocenters. The molecule has 7 heteroatoms. The first-order valence-electron chi connectivity index (χ1n) is 6.75. The van der Waals surface area contributed by atoms with Gasteiger partial charge in [0.2, 0.25) is 0 Å². The fourth-order valence-electron chi connectivity index (χ4n) is 2.05. The average molecular weight is 329 g/mol. The van der Waals surface area contributed by atoms with E-state index >= 15 is 0 Å². The van der Waals surface area contributed by atoms with Gasteiger partial charge in [-0.25, -0.2) is 4.98 Å². The van der Waals surface area contributed by atoms with Crippen molar-refractivity contribution in [3.8, 4) is 22.8 Å². The van der Waals surface area contributed by atoms with E-state index in [0.717, 1.165) is 11.3 Å². The standard InChI is InChI=1S/C16H15N3O3S/c1-21-13-6-9(2-4-12(13)20)14-8-18-16(22-14)19-10-3-5-15(23)11(17)7-10/h2-8,20,23H,17H2,1H3,(H,18,19). The van der Waals surface area contributed by atoms with Gasteiger partial charge in [0.05, 0.1) is 13.3 Å². The highest BCUT2D eigenvalue weighted by Gasteiger charge is 2.10. The van der Waals surface area contributed by atoms with E-state index in [1.165, 1.54) is 13.2 Å². The van der Waals surface area contributed by atoms with Crippen LogP contribution in [-0.4, -0.2) is 17.2 Å². The van der Waals surface area contributed by atoms with Crippen LogP contribution in [0.25, 0.3) is 11.3 Å². The molecule has 23 heavy (non-hydrogen) atoms. The van der Waals surface area contributed by atoms with Crippen molar-refractivity contribution < 1.29 is 14.3 Å². The number of methoxy groups -OCH3 is 1. The SMILES string of the molecule is COc1cc(-c2cnc(Nc3ccc(S)c(N)c3)o2)ccc1O. The third-order valence-corrected chi connectivity index (χ3v) is 3.66. The first-order chi connectivity index (χ1) is 11.1. The van der Waals surface area contributed by atoms with Crippen LogP contribution in [0.5, 0.6) is 11.5 Å². The molecule has 0 aliphatic carbocycles. The summed E-state index contributed by atoms with van der Waals surface area (Å²) >= 11 is 4.23. The zero-order valence-corrected chi connectivity index (χ0v) is 13.2. The van der Waals surface area contributed by atoms with Gasteiger partial charge < -0.3 is 25.3 Å². The van der Waals surface area contributed by atoms with Gasteiger partial charge >= 0.3 is 0 Å². The summed E-state index contributed by atoms with van der Waals surface area (Å²) in [5, 5.41) is 12.7. The van der Waals surface area contributed by atoms with Crippen molar-refractivity contribution in [2.75, 3.05) is 18.2 Å². The summed E-state index contributed by atoms with van der Waals surface area (Å²) in [6.07, 6.45) is 1.59. The van der Waals surface area contributed by atoms with Gasteiger partial charge in [0.15, 0.2) is 17.3 Å². The van der Waals surface area contributed by atoms with Crippen molar-refractivity contribution in [3.05, 3.63) is 42.6 Å². The van der Waals surface area contributed by atoms with Gasteiger partial charge in [-0.05, 0) is 36.4 Å². The van der Waals surface area contributed by atoms with Crippen LogP contribution in [0.2, 0.25) is 0 Å². The minimum atomic E-state index is 0.0661. The van der Waals surface area contributed by atoms with E-state index in [2.05, 4.69) is 22.9 Å². The number of benzene rings is 2. The van der Waals surface area contributed by atoms with Crippen LogP contribution in [0.1, 0.15) is 0 Å².